The fourth-order valence-electron chi connectivity index (χ4n) is 0.874. The molecule has 0 bridgehead atoms. The third kappa shape index (κ3) is 11.9. The second-order valence-corrected chi connectivity index (χ2v) is 3.68. The summed E-state index contributed by atoms with van der Waals surface area (Å²) in [5.41, 5.74) is -0.560. The van der Waals surface area contributed by atoms with E-state index in [0.717, 1.165) is 25.7 Å². The lowest BCUT2D eigenvalue weighted by atomic mass is 10.2. The van der Waals surface area contributed by atoms with Gasteiger partial charge in [-0.15, -0.1) is 0 Å². The Kier molecular flexibility index (Phi) is 12.7. The number of nitriles is 2. The van der Waals surface area contributed by atoms with Crippen LogP contribution in [0.25, 0.3) is 0 Å². The molecule has 0 fully saturated rings. The number of esters is 1. The van der Waals surface area contributed by atoms with Crippen LogP contribution in [-0.2, 0) is 14.3 Å². The lowest BCUT2D eigenvalue weighted by molar-refractivity contribution is -0.138. The molecular weight excluding hydrogens is 260 g/mol. The van der Waals surface area contributed by atoms with Gasteiger partial charge in [-0.05, 0) is 6.42 Å². The average molecular weight is 278 g/mol. The van der Waals surface area contributed by atoms with Crippen LogP contribution in [0.4, 0.5) is 0 Å². The van der Waals surface area contributed by atoms with Crippen LogP contribution in [0.2, 0.25) is 0 Å². The SMILES string of the molecule is C=C(C#N)C(=O)O.C=C(C#N)C(=O)OCCCCCC. The quantitative estimate of drug-likeness (QED) is 0.331. The number of ether oxygens (including phenoxy) is 1. The van der Waals surface area contributed by atoms with Crippen molar-refractivity contribution < 1.29 is 19.4 Å². The summed E-state index contributed by atoms with van der Waals surface area (Å²) in [5.74, 6) is -1.86. The van der Waals surface area contributed by atoms with E-state index in [1.165, 1.54) is 6.07 Å². The van der Waals surface area contributed by atoms with Gasteiger partial charge in [0.1, 0.15) is 23.3 Å². The Morgan fingerprint density at radius 2 is 1.65 bits per heavy atom. The molecule has 20 heavy (non-hydrogen) atoms. The van der Waals surface area contributed by atoms with E-state index in [0.29, 0.717) is 6.61 Å². The zero-order valence-electron chi connectivity index (χ0n) is 11.5. The molecule has 0 aliphatic carbocycles. The summed E-state index contributed by atoms with van der Waals surface area (Å²) in [4.78, 5) is 20.5. The van der Waals surface area contributed by atoms with Crippen molar-refractivity contribution in [1.82, 2.24) is 0 Å². The number of nitrogens with zero attached hydrogens (tertiary/aromatic N) is 2. The molecule has 0 amide bonds. The van der Waals surface area contributed by atoms with Crippen molar-refractivity contribution in [3.05, 3.63) is 24.3 Å². The van der Waals surface area contributed by atoms with Crippen LogP contribution < -0.4 is 0 Å². The van der Waals surface area contributed by atoms with Gasteiger partial charge in [-0.2, -0.15) is 10.5 Å². The number of hydrogen-bond donors (Lipinski definition) is 1. The van der Waals surface area contributed by atoms with Gasteiger partial charge in [0.25, 0.3) is 0 Å². The summed E-state index contributed by atoms with van der Waals surface area (Å²) < 4.78 is 4.78. The number of carbonyl (C=O) groups is 2. The van der Waals surface area contributed by atoms with Gasteiger partial charge in [-0.25, -0.2) is 9.59 Å². The topological polar surface area (TPSA) is 111 Å². The molecule has 0 rings (SSSR count). The van der Waals surface area contributed by atoms with Crippen molar-refractivity contribution >= 4 is 11.9 Å². The standard InChI is InChI=1S/C10H15NO2.C4H3NO2/c1-3-4-5-6-7-13-10(12)9(2)8-11;1-3(2-5)4(6)7/h2-7H2,1H3;1H2,(H,6,7). The second kappa shape index (κ2) is 12.8. The zero-order valence-corrected chi connectivity index (χ0v) is 11.5. The minimum absolute atomic E-state index is 0.129. The van der Waals surface area contributed by atoms with Crippen molar-refractivity contribution in [2.75, 3.05) is 6.61 Å². The van der Waals surface area contributed by atoms with Gasteiger partial charge in [0.05, 0.1) is 6.61 Å². The molecule has 0 saturated heterocycles. The fourth-order valence-corrected chi connectivity index (χ4v) is 0.874. The van der Waals surface area contributed by atoms with E-state index in [1.807, 2.05) is 0 Å². The monoisotopic (exact) mass is 278 g/mol. The van der Waals surface area contributed by atoms with E-state index >= 15 is 0 Å². The molecule has 0 saturated carbocycles. The highest BCUT2D eigenvalue weighted by Gasteiger charge is 2.05. The summed E-state index contributed by atoms with van der Waals surface area (Å²) >= 11 is 0. The highest BCUT2D eigenvalue weighted by molar-refractivity contribution is 5.91. The zero-order chi connectivity index (χ0) is 16.0. The minimum Gasteiger partial charge on any atom is -0.477 e. The first kappa shape index (κ1) is 19.7. The summed E-state index contributed by atoms with van der Waals surface area (Å²) in [6.07, 6.45) is 4.22. The Hall–Kier alpha value is -2.60. The van der Waals surface area contributed by atoms with Gasteiger partial charge in [0.15, 0.2) is 0 Å². The first-order chi connectivity index (χ1) is 9.40. The molecule has 0 unspecified atom stereocenters. The fraction of sp³-hybridized carbons (Fsp3) is 0.429. The number of hydrogen-bond acceptors (Lipinski definition) is 5. The summed E-state index contributed by atoms with van der Waals surface area (Å²) in [6.45, 7) is 8.67. The number of carboxylic acids is 1. The highest BCUT2D eigenvalue weighted by atomic mass is 16.5. The Bertz CT molecular complexity index is 441. The van der Waals surface area contributed by atoms with E-state index in [2.05, 4.69) is 20.1 Å². The predicted octanol–water partition coefficient (Wildman–Crippen LogP) is 2.34. The molecule has 0 heterocycles. The molecular formula is C14H18N2O4. The number of unbranched alkanes of at least 4 members (excludes halogenated alkanes) is 3. The molecule has 0 aliphatic heterocycles. The molecule has 6 heteroatoms. The molecule has 0 spiro atoms. The van der Waals surface area contributed by atoms with E-state index < -0.39 is 17.5 Å². The smallest absolute Gasteiger partial charge is 0.348 e. The molecule has 1 N–H and O–H groups in total. The highest BCUT2D eigenvalue weighted by Crippen LogP contribution is 2.00. The largest absolute Gasteiger partial charge is 0.477 e. The van der Waals surface area contributed by atoms with Crippen LogP contribution in [0.3, 0.4) is 0 Å². The van der Waals surface area contributed by atoms with Crippen LogP contribution in [0.1, 0.15) is 32.6 Å². The van der Waals surface area contributed by atoms with Gasteiger partial charge in [0.2, 0.25) is 0 Å². The molecule has 0 atom stereocenters. The Morgan fingerprint density at radius 3 is 2.00 bits per heavy atom. The molecule has 0 aromatic carbocycles. The third-order valence-corrected chi connectivity index (χ3v) is 2.01. The molecule has 6 nitrogen and oxygen atoms in total. The van der Waals surface area contributed by atoms with Crippen LogP contribution in [0, 0.1) is 22.7 Å². The normalized spacial score (nSPS) is 8.15. The minimum atomic E-state index is -1.26. The van der Waals surface area contributed by atoms with Crippen molar-refractivity contribution in [2.45, 2.75) is 32.6 Å². The summed E-state index contributed by atoms with van der Waals surface area (Å²) in [5, 5.41) is 23.9. The van der Waals surface area contributed by atoms with Crippen molar-refractivity contribution in [2.24, 2.45) is 0 Å². The third-order valence-electron chi connectivity index (χ3n) is 2.01. The van der Waals surface area contributed by atoms with Crippen LogP contribution in [0.5, 0.6) is 0 Å². The van der Waals surface area contributed by atoms with Crippen LogP contribution in [-0.4, -0.2) is 23.7 Å². The van der Waals surface area contributed by atoms with Gasteiger partial charge < -0.3 is 9.84 Å². The van der Waals surface area contributed by atoms with Crippen molar-refractivity contribution in [1.29, 1.82) is 10.5 Å². The molecule has 0 aliphatic rings. The maximum atomic E-state index is 10.9. The average Bonchev–Trinajstić information content (AvgIpc) is 2.45. The van der Waals surface area contributed by atoms with Crippen molar-refractivity contribution in [3.63, 3.8) is 0 Å². The van der Waals surface area contributed by atoms with Gasteiger partial charge >= 0.3 is 11.9 Å². The molecule has 0 radical (unpaired) electrons. The van der Waals surface area contributed by atoms with Crippen molar-refractivity contribution in [3.8, 4) is 12.1 Å². The summed E-state index contributed by atoms with van der Waals surface area (Å²) in [6, 6.07) is 3.02. The van der Waals surface area contributed by atoms with E-state index in [1.54, 1.807) is 6.07 Å². The van der Waals surface area contributed by atoms with Gasteiger partial charge in [-0.1, -0.05) is 39.3 Å². The lowest BCUT2D eigenvalue weighted by Crippen LogP contribution is -2.06. The van der Waals surface area contributed by atoms with Gasteiger partial charge in [0, 0.05) is 0 Å². The van der Waals surface area contributed by atoms with Crippen LogP contribution in [0.15, 0.2) is 24.3 Å². The molecule has 0 aromatic rings. The van der Waals surface area contributed by atoms with E-state index in [-0.39, 0.29) is 5.57 Å². The molecule has 0 aromatic heterocycles. The second-order valence-electron chi connectivity index (χ2n) is 3.68. The molecule has 108 valence electrons. The Balaban J connectivity index is 0. The summed E-state index contributed by atoms with van der Waals surface area (Å²) in [7, 11) is 0. The number of aliphatic carboxylic acids is 1. The lowest BCUT2D eigenvalue weighted by Gasteiger charge is -2.01. The number of carbonyl (C=O) groups excluding carboxylic acids is 1. The Labute approximate surface area is 118 Å². The maximum Gasteiger partial charge on any atom is 0.348 e. The number of carboxylic acid groups (broad SMARTS) is 1. The maximum absolute atomic E-state index is 10.9. The van der Waals surface area contributed by atoms with Crippen LogP contribution >= 0.6 is 0 Å². The number of rotatable bonds is 7. The first-order valence-corrected chi connectivity index (χ1v) is 5.99. The first-order valence-electron chi connectivity index (χ1n) is 5.99. The Morgan fingerprint density at radius 1 is 1.10 bits per heavy atom. The van der Waals surface area contributed by atoms with E-state index in [9.17, 15) is 9.59 Å². The predicted molar refractivity (Wildman–Crippen MR) is 72.2 cm³/mol. The van der Waals surface area contributed by atoms with E-state index in [4.69, 9.17) is 20.4 Å². The van der Waals surface area contributed by atoms with Gasteiger partial charge in [-0.3, -0.25) is 0 Å².